The summed E-state index contributed by atoms with van der Waals surface area (Å²) in [7, 11) is -6.06. The Labute approximate surface area is 199 Å². The lowest BCUT2D eigenvalue weighted by Gasteiger charge is -2.21. The van der Waals surface area contributed by atoms with E-state index in [0.717, 1.165) is 23.4 Å². The van der Waals surface area contributed by atoms with Gasteiger partial charge in [0.2, 0.25) is 26.0 Å². The van der Waals surface area contributed by atoms with E-state index in [2.05, 4.69) is 5.32 Å². The van der Waals surface area contributed by atoms with Crippen molar-refractivity contribution in [2.24, 2.45) is 0 Å². The maximum Gasteiger partial charge on any atom is 0.243 e. The molecule has 180 valence electrons. The Morgan fingerprint density at radius 2 is 1.79 bits per heavy atom. The molecule has 2 aromatic carbocycles. The van der Waals surface area contributed by atoms with Crippen LogP contribution >= 0.6 is 11.6 Å². The van der Waals surface area contributed by atoms with Crippen molar-refractivity contribution in [2.45, 2.75) is 24.3 Å². The summed E-state index contributed by atoms with van der Waals surface area (Å²) in [6, 6.07) is 10.9. The molecule has 2 aromatic rings. The predicted molar refractivity (Wildman–Crippen MR) is 126 cm³/mol. The van der Waals surface area contributed by atoms with Gasteiger partial charge in [-0.25, -0.2) is 16.8 Å². The van der Waals surface area contributed by atoms with Gasteiger partial charge >= 0.3 is 0 Å². The molecule has 0 bridgehead atoms. The number of methoxy groups -OCH3 is 1. The molecule has 3 rings (SSSR count). The van der Waals surface area contributed by atoms with Crippen molar-refractivity contribution < 1.29 is 26.4 Å². The summed E-state index contributed by atoms with van der Waals surface area (Å²) < 4.78 is 58.0. The van der Waals surface area contributed by atoms with Crippen LogP contribution in [0.4, 0.5) is 5.69 Å². The van der Waals surface area contributed by atoms with Crippen molar-refractivity contribution in [1.29, 1.82) is 0 Å². The molecule has 1 amide bonds. The lowest BCUT2D eigenvalue weighted by Crippen LogP contribution is -2.37. The summed E-state index contributed by atoms with van der Waals surface area (Å²) in [5, 5.41) is 2.96. The number of hydrogen-bond acceptors (Lipinski definition) is 6. The number of rotatable bonds is 9. The van der Waals surface area contributed by atoms with Gasteiger partial charge in [-0.05, 0) is 42.7 Å². The number of hydrogen-bond donors (Lipinski definition) is 1. The molecule has 9 nitrogen and oxygen atoms in total. The van der Waals surface area contributed by atoms with Gasteiger partial charge in [-0.3, -0.25) is 4.79 Å². The first-order valence-electron chi connectivity index (χ1n) is 10.2. The first-order chi connectivity index (χ1) is 15.5. The first-order valence-corrected chi connectivity index (χ1v) is 13.9. The van der Waals surface area contributed by atoms with Crippen LogP contribution in [-0.2, 0) is 31.4 Å². The van der Waals surface area contributed by atoms with E-state index in [0.29, 0.717) is 23.7 Å². The highest BCUT2D eigenvalue weighted by Crippen LogP contribution is 2.30. The molecule has 33 heavy (non-hydrogen) atoms. The fraction of sp³-hybridized carbons (Fsp3) is 0.381. The van der Waals surface area contributed by atoms with Crippen LogP contribution in [0.3, 0.4) is 0 Å². The quantitative estimate of drug-likeness (QED) is 0.549. The van der Waals surface area contributed by atoms with Gasteiger partial charge in [-0.2, -0.15) is 8.61 Å². The van der Waals surface area contributed by atoms with Crippen LogP contribution in [0.5, 0.6) is 5.75 Å². The molecule has 1 aliphatic heterocycles. The molecule has 0 atom stereocenters. The summed E-state index contributed by atoms with van der Waals surface area (Å²) in [4.78, 5) is 12.8. The van der Waals surface area contributed by atoms with Crippen molar-refractivity contribution in [3.05, 3.63) is 53.1 Å². The number of nitrogens with zero attached hydrogens (tertiary/aromatic N) is 2. The second kappa shape index (κ2) is 10.4. The summed E-state index contributed by atoms with van der Waals surface area (Å²) >= 11 is 6.14. The van der Waals surface area contributed by atoms with Gasteiger partial charge in [-0.15, -0.1) is 0 Å². The minimum absolute atomic E-state index is 0.0246. The third kappa shape index (κ3) is 6.24. The largest absolute Gasteiger partial charge is 0.495 e. The number of nitrogens with one attached hydrogen (secondary N) is 1. The van der Waals surface area contributed by atoms with Crippen molar-refractivity contribution >= 4 is 43.2 Å². The van der Waals surface area contributed by atoms with E-state index < -0.39 is 32.5 Å². The third-order valence-electron chi connectivity index (χ3n) is 5.24. The van der Waals surface area contributed by atoms with Gasteiger partial charge in [0.25, 0.3) is 0 Å². The van der Waals surface area contributed by atoms with Crippen molar-refractivity contribution in [3.8, 4) is 5.75 Å². The number of amides is 1. The highest BCUT2D eigenvalue weighted by Gasteiger charge is 2.28. The van der Waals surface area contributed by atoms with Crippen LogP contribution in [-0.4, -0.2) is 64.4 Å². The zero-order valence-corrected chi connectivity index (χ0v) is 20.7. The fourth-order valence-corrected chi connectivity index (χ4v) is 5.94. The lowest BCUT2D eigenvalue weighted by molar-refractivity contribution is -0.116. The maximum absolute atomic E-state index is 12.9. The molecule has 1 heterocycles. The Hall–Kier alpha value is -2.18. The number of sulfonamides is 2. The van der Waals surface area contributed by atoms with Gasteiger partial charge in [-0.1, -0.05) is 29.8 Å². The number of halogens is 1. The monoisotopic (exact) mass is 515 g/mol. The minimum Gasteiger partial charge on any atom is -0.495 e. The van der Waals surface area contributed by atoms with Crippen LogP contribution < -0.4 is 10.1 Å². The van der Waals surface area contributed by atoms with Crippen LogP contribution in [0.1, 0.15) is 18.4 Å². The molecule has 0 radical (unpaired) electrons. The number of anilines is 1. The highest BCUT2D eigenvalue weighted by molar-refractivity contribution is 7.89. The number of ether oxygens (including phenoxy) is 1. The molecule has 0 unspecified atom stereocenters. The molecular weight excluding hydrogens is 490 g/mol. The molecule has 12 heteroatoms. The summed E-state index contributed by atoms with van der Waals surface area (Å²) in [5.41, 5.74) is 0.683. The molecule has 1 saturated heterocycles. The van der Waals surface area contributed by atoms with Crippen molar-refractivity contribution in [2.75, 3.05) is 38.3 Å². The second-order valence-electron chi connectivity index (χ2n) is 7.64. The zero-order chi connectivity index (χ0) is 24.2. The number of benzene rings is 2. The Bertz CT molecular complexity index is 1230. The molecule has 1 N–H and O–H groups in total. The summed E-state index contributed by atoms with van der Waals surface area (Å²) in [6.07, 6.45) is 2.60. The predicted octanol–water partition coefficient (Wildman–Crippen LogP) is 2.53. The van der Waals surface area contributed by atoms with Crippen LogP contribution in [0.25, 0.3) is 0 Å². The first kappa shape index (κ1) is 25.4. The molecule has 0 spiro atoms. The molecule has 0 aliphatic carbocycles. The summed E-state index contributed by atoms with van der Waals surface area (Å²) in [6.45, 7) is 0.311. The fourth-order valence-electron chi connectivity index (χ4n) is 3.48. The van der Waals surface area contributed by atoms with E-state index in [1.54, 1.807) is 24.3 Å². The molecule has 0 saturated carbocycles. The normalized spacial score (nSPS) is 15.0. The highest BCUT2D eigenvalue weighted by atomic mass is 35.5. The summed E-state index contributed by atoms with van der Waals surface area (Å²) in [5.74, 6) is -0.401. The smallest absolute Gasteiger partial charge is 0.243 e. The van der Waals surface area contributed by atoms with E-state index in [-0.39, 0.29) is 22.9 Å². The lowest BCUT2D eigenvalue weighted by atomic mass is 10.2. The van der Waals surface area contributed by atoms with Crippen LogP contribution in [0.2, 0.25) is 5.02 Å². The number of carbonyl (C=O) groups is 1. The van der Waals surface area contributed by atoms with E-state index >= 15 is 0 Å². The Morgan fingerprint density at radius 3 is 2.39 bits per heavy atom. The van der Waals surface area contributed by atoms with E-state index in [4.69, 9.17) is 16.3 Å². The topological polar surface area (TPSA) is 113 Å². The standard InChI is InChI=1S/C21H26ClN3O6S2/c1-31-20-10-9-17(33(29,30)24-11-5-6-12-24)13-19(20)23-21(26)15-25(32(2,27)28)14-16-7-3-4-8-18(16)22/h3-4,7-10,13H,5-6,11-12,14-15H2,1-2H3,(H,23,26). The Balaban J connectivity index is 1.82. The SMILES string of the molecule is COc1ccc(S(=O)(=O)N2CCCC2)cc1NC(=O)CN(Cc1ccccc1Cl)S(C)(=O)=O. The Kier molecular flexibility index (Phi) is 8.01. The van der Waals surface area contributed by atoms with Gasteiger partial charge in [0.15, 0.2) is 0 Å². The van der Waals surface area contributed by atoms with Gasteiger partial charge < -0.3 is 10.1 Å². The van der Waals surface area contributed by atoms with Crippen LogP contribution in [0, 0.1) is 0 Å². The van der Waals surface area contributed by atoms with E-state index in [9.17, 15) is 21.6 Å². The van der Waals surface area contributed by atoms with Crippen molar-refractivity contribution in [3.63, 3.8) is 0 Å². The maximum atomic E-state index is 12.9. The van der Waals surface area contributed by atoms with Gasteiger partial charge in [0.1, 0.15) is 5.75 Å². The average molecular weight is 516 g/mol. The molecule has 1 aliphatic rings. The van der Waals surface area contributed by atoms with Crippen LogP contribution in [0.15, 0.2) is 47.4 Å². The van der Waals surface area contributed by atoms with Gasteiger partial charge in [0.05, 0.1) is 30.5 Å². The Morgan fingerprint density at radius 1 is 1.12 bits per heavy atom. The average Bonchev–Trinajstić information content (AvgIpc) is 3.30. The van der Waals surface area contributed by atoms with E-state index in [1.807, 2.05) is 0 Å². The number of carbonyl (C=O) groups excluding carboxylic acids is 1. The second-order valence-corrected chi connectivity index (χ2v) is 12.0. The van der Waals surface area contributed by atoms with Gasteiger partial charge in [0, 0.05) is 24.7 Å². The van der Waals surface area contributed by atoms with E-state index in [1.165, 1.54) is 29.6 Å². The molecular formula is C21H26ClN3O6S2. The molecule has 1 fully saturated rings. The zero-order valence-electron chi connectivity index (χ0n) is 18.3. The minimum atomic E-state index is -3.75. The molecule has 0 aromatic heterocycles. The van der Waals surface area contributed by atoms with Crippen molar-refractivity contribution in [1.82, 2.24) is 8.61 Å². The third-order valence-corrected chi connectivity index (χ3v) is 8.70.